The van der Waals surface area contributed by atoms with Crippen molar-refractivity contribution in [3.8, 4) is 17.2 Å². The van der Waals surface area contributed by atoms with Gasteiger partial charge in [-0.05, 0) is 43.3 Å². The maximum Gasteiger partial charge on any atom is 0.284 e. The molecule has 0 fully saturated rings. The number of carbonyl (C=O) groups excluding carboxylic acids is 1. The maximum absolute atomic E-state index is 13.0. The normalized spacial score (nSPS) is 11.2. The van der Waals surface area contributed by atoms with Crippen LogP contribution in [0.15, 0.2) is 71.6 Å². The molecule has 9 heteroatoms. The first kappa shape index (κ1) is 19.9. The van der Waals surface area contributed by atoms with E-state index in [1.165, 1.54) is 29.1 Å². The fraction of sp³-hybridized carbons (Fsp3) is 0.0870. The number of halogens is 1. The average Bonchev–Trinajstić information content (AvgIpc) is 3.02. The summed E-state index contributed by atoms with van der Waals surface area (Å²) in [5, 5.41) is 2.83. The summed E-state index contributed by atoms with van der Waals surface area (Å²) in [6.45, 7) is 1.70. The van der Waals surface area contributed by atoms with Crippen LogP contribution in [0.5, 0.6) is 11.5 Å². The number of rotatable bonds is 5. The van der Waals surface area contributed by atoms with Crippen LogP contribution >= 0.6 is 11.6 Å². The molecule has 0 aliphatic rings. The lowest BCUT2D eigenvalue weighted by molar-refractivity contribution is 0.102. The fourth-order valence-electron chi connectivity index (χ4n) is 3.21. The van der Waals surface area contributed by atoms with E-state index in [1.807, 2.05) is 18.2 Å². The van der Waals surface area contributed by atoms with E-state index in [-0.39, 0.29) is 33.9 Å². The minimum atomic E-state index is -0.569. The Kier molecular flexibility index (Phi) is 5.35. The predicted molar refractivity (Wildman–Crippen MR) is 124 cm³/mol. The fourth-order valence-corrected chi connectivity index (χ4v) is 3.36. The number of nitrogens with two attached hydrogens (primary N) is 1. The molecule has 2 aromatic carbocycles. The van der Waals surface area contributed by atoms with E-state index in [0.29, 0.717) is 17.1 Å². The van der Waals surface area contributed by atoms with Crippen molar-refractivity contribution >= 4 is 29.0 Å². The molecule has 4 rings (SSSR count). The van der Waals surface area contributed by atoms with Crippen LogP contribution < -0.4 is 21.3 Å². The summed E-state index contributed by atoms with van der Waals surface area (Å²) in [4.78, 5) is 29.8. The highest BCUT2D eigenvalue weighted by molar-refractivity contribution is 6.34. The van der Waals surface area contributed by atoms with E-state index in [0.717, 1.165) is 0 Å². The van der Waals surface area contributed by atoms with Gasteiger partial charge in [-0.25, -0.2) is 9.67 Å². The second kappa shape index (κ2) is 8.60. The van der Waals surface area contributed by atoms with Gasteiger partial charge in [0.1, 0.15) is 22.2 Å². The smallest absolute Gasteiger partial charge is 0.284 e. The highest BCUT2D eigenvalue weighted by Crippen LogP contribution is 2.32. The first-order chi connectivity index (χ1) is 15.8. The molecule has 2 aromatic heterocycles. The van der Waals surface area contributed by atoms with Crippen molar-refractivity contribution in [2.75, 3.05) is 11.1 Å². The molecule has 8 nitrogen and oxygen atoms in total. The number of amides is 1. The molecule has 1 amide bonds. The molecule has 0 bridgehead atoms. The SMILES string of the molecule is [2H]c1cc(NC(=O)c2c(C)n(C)n(-c3ccccc3)c2=O)ccc1Oc1ccnc(N)c1Cl. The van der Waals surface area contributed by atoms with Crippen LogP contribution in [0, 0.1) is 6.92 Å². The van der Waals surface area contributed by atoms with Gasteiger partial charge in [-0.2, -0.15) is 0 Å². The van der Waals surface area contributed by atoms with E-state index in [2.05, 4.69) is 10.3 Å². The Morgan fingerprint density at radius 1 is 1.19 bits per heavy atom. The van der Waals surface area contributed by atoms with Crippen LogP contribution in [-0.2, 0) is 7.05 Å². The van der Waals surface area contributed by atoms with Crippen molar-refractivity contribution < 1.29 is 10.9 Å². The lowest BCUT2D eigenvalue weighted by Crippen LogP contribution is -2.25. The van der Waals surface area contributed by atoms with Gasteiger partial charge in [0.2, 0.25) is 0 Å². The van der Waals surface area contributed by atoms with Crippen molar-refractivity contribution in [3.05, 3.63) is 93.5 Å². The zero-order valence-electron chi connectivity index (χ0n) is 18.3. The van der Waals surface area contributed by atoms with E-state index >= 15 is 0 Å². The Morgan fingerprint density at radius 2 is 1.94 bits per heavy atom. The van der Waals surface area contributed by atoms with Crippen LogP contribution in [-0.4, -0.2) is 20.3 Å². The van der Waals surface area contributed by atoms with Gasteiger partial charge in [0.05, 0.1) is 12.8 Å². The van der Waals surface area contributed by atoms with E-state index < -0.39 is 11.5 Å². The molecule has 162 valence electrons. The Hall–Kier alpha value is -4.04. The Bertz CT molecular complexity index is 1420. The molecule has 0 spiro atoms. The quantitative estimate of drug-likeness (QED) is 0.475. The molecule has 0 saturated heterocycles. The number of anilines is 2. The molecule has 0 aliphatic heterocycles. The van der Waals surface area contributed by atoms with Crippen molar-refractivity contribution in [1.82, 2.24) is 14.3 Å². The molecular formula is C23H20ClN5O3. The molecule has 4 aromatic rings. The largest absolute Gasteiger partial charge is 0.456 e. The Morgan fingerprint density at radius 3 is 2.66 bits per heavy atom. The molecule has 0 unspecified atom stereocenters. The van der Waals surface area contributed by atoms with Gasteiger partial charge in [0.15, 0.2) is 5.75 Å². The minimum Gasteiger partial charge on any atom is -0.456 e. The van der Waals surface area contributed by atoms with Gasteiger partial charge in [0.25, 0.3) is 11.5 Å². The summed E-state index contributed by atoms with van der Waals surface area (Å²) in [6.07, 6.45) is 1.44. The van der Waals surface area contributed by atoms with Gasteiger partial charge in [-0.15, -0.1) is 0 Å². The van der Waals surface area contributed by atoms with Gasteiger partial charge in [-0.1, -0.05) is 29.8 Å². The van der Waals surface area contributed by atoms with Crippen molar-refractivity contribution in [1.29, 1.82) is 0 Å². The molecule has 32 heavy (non-hydrogen) atoms. The van der Waals surface area contributed by atoms with E-state index in [9.17, 15) is 9.59 Å². The number of nitrogen functional groups attached to an aromatic ring is 1. The first-order valence-corrected chi connectivity index (χ1v) is 9.99. The number of benzene rings is 2. The minimum absolute atomic E-state index is 0.00531. The number of carbonyl (C=O) groups is 1. The monoisotopic (exact) mass is 450 g/mol. The van der Waals surface area contributed by atoms with E-state index in [1.54, 1.807) is 36.9 Å². The zero-order chi connectivity index (χ0) is 23.7. The number of ether oxygens (including phenoxy) is 1. The van der Waals surface area contributed by atoms with Crippen LogP contribution in [0.25, 0.3) is 5.69 Å². The second-order valence-corrected chi connectivity index (χ2v) is 7.32. The third kappa shape index (κ3) is 3.95. The molecule has 0 atom stereocenters. The Balaban J connectivity index is 1.59. The number of pyridine rings is 1. The number of hydrogen-bond acceptors (Lipinski definition) is 5. The average molecular weight is 451 g/mol. The lowest BCUT2D eigenvalue weighted by atomic mass is 10.2. The molecule has 0 radical (unpaired) electrons. The molecule has 2 heterocycles. The van der Waals surface area contributed by atoms with Crippen molar-refractivity contribution in [3.63, 3.8) is 0 Å². The lowest BCUT2D eigenvalue weighted by Gasteiger charge is -2.09. The van der Waals surface area contributed by atoms with Crippen LogP contribution in [0.3, 0.4) is 0 Å². The predicted octanol–water partition coefficient (Wildman–Crippen LogP) is 4.16. The second-order valence-electron chi connectivity index (χ2n) is 6.94. The van der Waals surface area contributed by atoms with Crippen LogP contribution in [0.1, 0.15) is 17.4 Å². The molecule has 0 saturated carbocycles. The highest BCUT2D eigenvalue weighted by atomic mass is 35.5. The zero-order valence-corrected chi connectivity index (χ0v) is 18.1. The molecule has 0 aliphatic carbocycles. The maximum atomic E-state index is 13.0. The van der Waals surface area contributed by atoms with Crippen molar-refractivity contribution in [2.45, 2.75) is 6.92 Å². The standard InChI is InChI=1S/C23H20ClN5O3/c1-14-19(23(31)29(28(14)2)16-6-4-3-5-7-16)22(30)27-15-8-10-17(11-9-15)32-18-12-13-26-21(25)20(18)24/h3-13H,1-2H3,(H2,25,26)(H,27,30)/i10D. The highest BCUT2D eigenvalue weighted by Gasteiger charge is 2.22. The number of para-hydroxylation sites is 1. The van der Waals surface area contributed by atoms with Gasteiger partial charge in [0, 0.05) is 25.0 Å². The van der Waals surface area contributed by atoms with Gasteiger partial charge < -0.3 is 15.8 Å². The summed E-state index contributed by atoms with van der Waals surface area (Å²) < 4.78 is 17.0. The number of hydrogen-bond donors (Lipinski definition) is 2. The summed E-state index contributed by atoms with van der Waals surface area (Å²) in [5.41, 5.74) is 6.76. The van der Waals surface area contributed by atoms with Gasteiger partial charge in [-0.3, -0.25) is 14.3 Å². The first-order valence-electron chi connectivity index (χ1n) is 10.1. The number of nitrogens with zero attached hydrogens (tertiary/aromatic N) is 3. The Labute approximate surface area is 190 Å². The molecular weight excluding hydrogens is 430 g/mol. The summed E-state index contributed by atoms with van der Waals surface area (Å²) >= 11 is 6.09. The summed E-state index contributed by atoms with van der Waals surface area (Å²) in [7, 11) is 1.71. The van der Waals surface area contributed by atoms with E-state index in [4.69, 9.17) is 23.4 Å². The molecule has 3 N–H and O–H groups in total. The number of nitrogens with one attached hydrogen (secondary N) is 1. The van der Waals surface area contributed by atoms with Crippen LogP contribution in [0.2, 0.25) is 5.02 Å². The van der Waals surface area contributed by atoms with Crippen molar-refractivity contribution in [2.24, 2.45) is 7.05 Å². The number of aromatic nitrogens is 3. The third-order valence-electron chi connectivity index (χ3n) is 4.92. The van der Waals surface area contributed by atoms with Crippen LogP contribution in [0.4, 0.5) is 11.5 Å². The summed E-state index contributed by atoms with van der Waals surface area (Å²) in [5.74, 6) is 0.0171. The third-order valence-corrected chi connectivity index (χ3v) is 5.30. The topological polar surface area (TPSA) is 104 Å². The summed E-state index contributed by atoms with van der Waals surface area (Å²) in [6, 6.07) is 15.1. The van der Waals surface area contributed by atoms with Gasteiger partial charge >= 0.3 is 0 Å².